The van der Waals surface area contributed by atoms with Gasteiger partial charge in [0.1, 0.15) is 0 Å². The molecular weight excluding hydrogens is 397 g/mol. The van der Waals surface area contributed by atoms with Crippen molar-refractivity contribution in [3.8, 4) is 0 Å². The summed E-state index contributed by atoms with van der Waals surface area (Å²) in [6.45, 7) is 36.6. The van der Waals surface area contributed by atoms with Gasteiger partial charge in [0.2, 0.25) is 0 Å². The third-order valence-electron chi connectivity index (χ3n) is 2.68. The first-order valence-corrected chi connectivity index (χ1v) is 16.9. The van der Waals surface area contributed by atoms with Gasteiger partial charge in [-0.15, -0.1) is 11.1 Å². The monoisotopic (exact) mass is 448 g/mol. The Labute approximate surface area is 180 Å². The van der Waals surface area contributed by atoms with Crippen molar-refractivity contribution in [2.75, 3.05) is 19.6 Å². The van der Waals surface area contributed by atoms with Crippen LogP contribution in [-0.2, 0) is 16.8 Å². The van der Waals surface area contributed by atoms with Crippen molar-refractivity contribution < 1.29 is 16.8 Å². The summed E-state index contributed by atoms with van der Waals surface area (Å²) in [7, 11) is -2.34. The van der Waals surface area contributed by atoms with Crippen LogP contribution in [0.25, 0.3) is 9.96 Å². The van der Waals surface area contributed by atoms with Gasteiger partial charge in [0, 0.05) is 0 Å². The van der Waals surface area contributed by atoms with E-state index in [2.05, 4.69) is 116 Å². The molecular formula is C20H51CoN3Si2+. The largest absolute Gasteiger partial charge is 3.00 e. The van der Waals surface area contributed by atoms with E-state index in [0.29, 0.717) is 0 Å². The molecule has 0 saturated carbocycles. The minimum Gasteiger partial charge on any atom is -0.660 e. The topological polar surface area (TPSA) is 31.4 Å². The summed E-state index contributed by atoms with van der Waals surface area (Å²) in [5.74, 6) is 0. The summed E-state index contributed by atoms with van der Waals surface area (Å²) in [6, 6.07) is 0. The summed E-state index contributed by atoms with van der Waals surface area (Å²) in [6.07, 6.45) is 0. The summed E-state index contributed by atoms with van der Waals surface area (Å²) in [5.41, 5.74) is 0.342. The van der Waals surface area contributed by atoms with Crippen LogP contribution in [0.1, 0.15) is 62.3 Å². The van der Waals surface area contributed by atoms with Gasteiger partial charge >= 0.3 is 16.8 Å². The first-order valence-electron chi connectivity index (χ1n) is 9.96. The van der Waals surface area contributed by atoms with E-state index >= 15 is 0 Å². The minimum atomic E-state index is -1.17. The molecule has 3 nitrogen and oxygen atoms in total. The Morgan fingerprint density at radius 2 is 0.769 bits per heavy atom. The summed E-state index contributed by atoms with van der Waals surface area (Å²) < 4.78 is 0. The van der Waals surface area contributed by atoms with Crippen LogP contribution >= 0.6 is 0 Å². The molecule has 6 heteroatoms. The van der Waals surface area contributed by atoms with Crippen LogP contribution in [-0.4, -0.2) is 52.1 Å². The Balaban J connectivity index is -0.000000138. The fourth-order valence-electron chi connectivity index (χ4n) is 2.68. The van der Waals surface area contributed by atoms with Crippen LogP contribution in [0, 0.1) is 0 Å². The molecule has 0 fully saturated rings. The van der Waals surface area contributed by atoms with Crippen LogP contribution in [0.2, 0.25) is 39.3 Å². The van der Waals surface area contributed by atoms with E-state index in [-0.39, 0.29) is 27.9 Å². The Morgan fingerprint density at radius 3 is 0.769 bits per heavy atom. The molecule has 0 bridgehead atoms. The number of hydrogen-bond acceptors (Lipinski definition) is 1. The van der Waals surface area contributed by atoms with Crippen molar-refractivity contribution in [3.05, 3.63) is 9.96 Å². The Kier molecular flexibility index (Phi) is 19.5. The molecule has 0 aliphatic heterocycles. The smallest absolute Gasteiger partial charge is 0.660 e. The van der Waals surface area contributed by atoms with Gasteiger partial charge in [0.25, 0.3) is 0 Å². The van der Waals surface area contributed by atoms with Crippen molar-refractivity contribution in [3.63, 3.8) is 0 Å². The van der Waals surface area contributed by atoms with Gasteiger partial charge < -0.3 is 14.9 Å². The predicted molar refractivity (Wildman–Crippen MR) is 126 cm³/mol. The van der Waals surface area contributed by atoms with Crippen molar-refractivity contribution in [1.29, 1.82) is 0 Å². The summed E-state index contributed by atoms with van der Waals surface area (Å²) in [5, 5.41) is 0. The van der Waals surface area contributed by atoms with E-state index < -0.39 is 16.5 Å². The number of rotatable bonds is 5. The fourth-order valence-corrected chi connectivity index (χ4v) is 6.71. The zero-order valence-electron chi connectivity index (χ0n) is 20.8. The molecule has 0 aliphatic carbocycles. The molecule has 26 heavy (non-hydrogen) atoms. The normalized spacial score (nSPS) is 12.5. The van der Waals surface area contributed by atoms with Crippen LogP contribution in [0.4, 0.5) is 0 Å². The fraction of sp³-hybridized carbons (Fsp3) is 1.00. The van der Waals surface area contributed by atoms with Gasteiger partial charge in [-0.2, -0.15) is 0 Å². The van der Waals surface area contributed by atoms with Gasteiger partial charge in [-0.05, 0) is 19.6 Å². The molecule has 0 unspecified atom stereocenters. The van der Waals surface area contributed by atoms with E-state index in [4.69, 9.17) is 0 Å². The van der Waals surface area contributed by atoms with Crippen LogP contribution < -0.4 is 0 Å². The summed E-state index contributed by atoms with van der Waals surface area (Å²) >= 11 is 0. The van der Waals surface area contributed by atoms with Crippen LogP contribution in [0.3, 0.4) is 0 Å². The molecule has 0 aromatic rings. The van der Waals surface area contributed by atoms with Gasteiger partial charge in [0.05, 0.1) is 0 Å². The van der Waals surface area contributed by atoms with Crippen LogP contribution in [0.15, 0.2) is 0 Å². The van der Waals surface area contributed by atoms with Gasteiger partial charge in [-0.3, -0.25) is 0 Å². The third-order valence-corrected chi connectivity index (χ3v) is 5.37. The molecule has 0 radical (unpaired) electrons. The van der Waals surface area contributed by atoms with E-state index in [1.807, 2.05) is 0 Å². The van der Waals surface area contributed by atoms with E-state index in [9.17, 15) is 0 Å². The Hall–Kier alpha value is 0.820. The SMILES string of the molecule is CC(C)(C)[N-][Si](C)(C)C.CC(C)(C)[N-][Si](C)(C)C.CCN(CC)CC.[Co+3]. The minimum absolute atomic E-state index is 0. The van der Waals surface area contributed by atoms with Gasteiger partial charge in [0.15, 0.2) is 0 Å². The third kappa shape index (κ3) is 39.8. The second kappa shape index (κ2) is 14.8. The number of nitrogens with zero attached hydrogens (tertiary/aromatic N) is 3. The number of hydrogen-bond donors (Lipinski definition) is 0. The standard InChI is InChI=1S/2C7H18NSi.C6H15N.Co/c2*1-7(2,3)8-9(4,5)6;1-4-7(5-2)6-3;/h2*1-6H3;4-6H2,1-3H3;/q2*-1;;+3. The molecule has 0 amide bonds. The Bertz CT molecular complexity index is 251. The molecule has 0 aromatic carbocycles. The van der Waals surface area contributed by atoms with Gasteiger partial charge in [-0.1, -0.05) is 118 Å². The molecule has 162 valence electrons. The quantitative estimate of drug-likeness (QED) is 0.405. The molecule has 0 heterocycles. The second-order valence-electron chi connectivity index (χ2n) is 10.5. The molecule has 0 spiro atoms. The Morgan fingerprint density at radius 1 is 0.577 bits per heavy atom. The maximum Gasteiger partial charge on any atom is 3.00 e. The van der Waals surface area contributed by atoms with Crippen molar-refractivity contribution >= 4 is 16.5 Å². The van der Waals surface area contributed by atoms with Crippen molar-refractivity contribution in [1.82, 2.24) is 4.90 Å². The average molecular weight is 449 g/mol. The van der Waals surface area contributed by atoms with E-state index in [1.54, 1.807) is 0 Å². The molecule has 0 atom stereocenters. The van der Waals surface area contributed by atoms with Gasteiger partial charge in [-0.25, -0.2) is 0 Å². The van der Waals surface area contributed by atoms with Crippen molar-refractivity contribution in [2.24, 2.45) is 0 Å². The van der Waals surface area contributed by atoms with E-state index in [0.717, 1.165) is 0 Å². The molecule has 0 N–H and O–H groups in total. The predicted octanol–water partition coefficient (Wildman–Crippen LogP) is 7.33. The summed E-state index contributed by atoms with van der Waals surface area (Å²) in [4.78, 5) is 11.7. The molecule has 0 saturated heterocycles. The molecule has 0 rings (SSSR count). The first kappa shape index (κ1) is 34.3. The zero-order chi connectivity index (χ0) is 21.1. The second-order valence-corrected chi connectivity index (χ2v) is 19.7. The zero-order valence-corrected chi connectivity index (χ0v) is 23.8. The molecule has 0 aromatic heterocycles. The average Bonchev–Trinajstić information content (AvgIpc) is 2.22. The molecule has 0 aliphatic rings. The van der Waals surface area contributed by atoms with E-state index in [1.165, 1.54) is 19.6 Å². The van der Waals surface area contributed by atoms with Crippen molar-refractivity contribution in [2.45, 2.75) is 113 Å². The maximum absolute atomic E-state index is 4.68. The van der Waals surface area contributed by atoms with Crippen LogP contribution in [0.5, 0.6) is 0 Å². The first-order chi connectivity index (χ1) is 10.8. The maximum atomic E-state index is 4.68.